The maximum atomic E-state index is 5.34. The zero-order valence-electron chi connectivity index (χ0n) is 30.4. The highest BCUT2D eigenvalue weighted by Gasteiger charge is 2.31. The summed E-state index contributed by atoms with van der Waals surface area (Å²) in [7, 11) is 0. The minimum atomic E-state index is -0.399. The molecule has 1 atom stereocenters. The number of hydrogen-bond acceptors (Lipinski definition) is 3. The second kappa shape index (κ2) is 13.4. The van der Waals surface area contributed by atoms with Crippen LogP contribution >= 0.6 is 0 Å². The molecule has 1 unspecified atom stereocenters. The predicted octanol–water partition coefficient (Wildman–Crippen LogP) is 13.2. The lowest BCUT2D eigenvalue weighted by atomic mass is 9.81. The Labute approximate surface area is 321 Å². The van der Waals surface area contributed by atoms with E-state index in [1.165, 1.54) is 33.4 Å². The molecule has 0 saturated carbocycles. The molecule has 3 nitrogen and oxygen atoms in total. The maximum Gasteiger partial charge on any atom is 0.0790 e. The van der Waals surface area contributed by atoms with Crippen LogP contribution in [-0.2, 0) is 5.54 Å². The summed E-state index contributed by atoms with van der Waals surface area (Å²) in [5, 5.41) is 7.28. The van der Waals surface area contributed by atoms with Crippen LogP contribution in [0, 0.1) is 0 Å². The van der Waals surface area contributed by atoms with Gasteiger partial charge in [0.25, 0.3) is 0 Å². The molecule has 0 spiro atoms. The average molecular weight is 704 g/mol. The van der Waals surface area contributed by atoms with Crippen LogP contribution in [0.25, 0.3) is 72.1 Å². The van der Waals surface area contributed by atoms with Crippen molar-refractivity contribution in [1.29, 1.82) is 0 Å². The highest BCUT2D eigenvalue weighted by atomic mass is 15.0. The summed E-state index contributed by atoms with van der Waals surface area (Å²) in [6, 6.07) is 68.7. The number of para-hydroxylation sites is 2. The van der Waals surface area contributed by atoms with Crippen molar-refractivity contribution in [3.63, 3.8) is 0 Å². The molecule has 1 N–H and O–H groups in total. The van der Waals surface area contributed by atoms with E-state index >= 15 is 0 Å². The van der Waals surface area contributed by atoms with Crippen molar-refractivity contribution in [3.8, 4) is 44.9 Å². The van der Waals surface area contributed by atoms with E-state index in [1.54, 1.807) is 0 Å². The number of anilines is 1. The van der Waals surface area contributed by atoms with Gasteiger partial charge < -0.3 is 5.32 Å². The van der Waals surface area contributed by atoms with E-state index in [0.29, 0.717) is 0 Å². The number of pyridine rings is 2. The summed E-state index contributed by atoms with van der Waals surface area (Å²) < 4.78 is 0. The van der Waals surface area contributed by atoms with E-state index in [0.717, 1.165) is 61.1 Å². The van der Waals surface area contributed by atoms with Crippen molar-refractivity contribution in [2.24, 2.45) is 0 Å². The van der Waals surface area contributed by atoms with Crippen LogP contribution in [0.1, 0.15) is 23.6 Å². The molecule has 3 heterocycles. The second-order valence-corrected chi connectivity index (χ2v) is 14.5. The van der Waals surface area contributed by atoms with Gasteiger partial charge in [0.15, 0.2) is 0 Å². The molecule has 1 aliphatic rings. The van der Waals surface area contributed by atoms with Gasteiger partial charge in [-0.25, -0.2) is 9.97 Å². The summed E-state index contributed by atoms with van der Waals surface area (Å²) >= 11 is 0. The summed E-state index contributed by atoms with van der Waals surface area (Å²) in [6.45, 7) is 2.26. The number of hydrogen-bond donors (Lipinski definition) is 1. The SMILES string of the molecule is CC1(c2ccc(-c3cc4ccccc4c(-c4ccc(-c5cc(-c6ccccc6)c6ccccc6n5)cc4)n3)cc2)C=C(c2ccccc2)c2ccccc2N1. The lowest BCUT2D eigenvalue weighted by Crippen LogP contribution is -2.33. The highest BCUT2D eigenvalue weighted by molar-refractivity contribution is 5.99. The van der Waals surface area contributed by atoms with E-state index in [2.05, 4.69) is 212 Å². The van der Waals surface area contributed by atoms with E-state index in [4.69, 9.17) is 9.97 Å². The van der Waals surface area contributed by atoms with Crippen molar-refractivity contribution >= 4 is 32.9 Å². The van der Waals surface area contributed by atoms with Gasteiger partial charge in [0.05, 0.1) is 28.1 Å². The molecular formula is C52H37N3. The monoisotopic (exact) mass is 703 g/mol. The van der Waals surface area contributed by atoms with Crippen molar-refractivity contribution in [2.75, 3.05) is 5.32 Å². The van der Waals surface area contributed by atoms with E-state index < -0.39 is 5.54 Å². The molecule has 7 aromatic carbocycles. The van der Waals surface area contributed by atoms with E-state index in [9.17, 15) is 0 Å². The fourth-order valence-electron chi connectivity index (χ4n) is 8.05. The first kappa shape index (κ1) is 32.5. The predicted molar refractivity (Wildman–Crippen MR) is 230 cm³/mol. The van der Waals surface area contributed by atoms with Gasteiger partial charge in [0.1, 0.15) is 0 Å². The smallest absolute Gasteiger partial charge is 0.0790 e. The van der Waals surface area contributed by atoms with Crippen molar-refractivity contribution in [3.05, 3.63) is 217 Å². The summed E-state index contributed by atoms with van der Waals surface area (Å²) in [6.07, 6.45) is 2.37. The minimum absolute atomic E-state index is 0.399. The van der Waals surface area contributed by atoms with Crippen LogP contribution in [0.4, 0.5) is 5.69 Å². The first-order valence-electron chi connectivity index (χ1n) is 18.8. The van der Waals surface area contributed by atoms with Gasteiger partial charge in [-0.05, 0) is 70.5 Å². The molecule has 0 radical (unpaired) electrons. The topological polar surface area (TPSA) is 37.8 Å². The molecule has 0 saturated heterocycles. The Hall–Kier alpha value is -7.10. The molecule has 0 aliphatic carbocycles. The summed E-state index contributed by atoms with van der Waals surface area (Å²) in [4.78, 5) is 10.4. The Morgan fingerprint density at radius 3 is 1.78 bits per heavy atom. The zero-order chi connectivity index (χ0) is 36.8. The van der Waals surface area contributed by atoms with E-state index in [1.807, 2.05) is 0 Å². The summed E-state index contributed by atoms with van der Waals surface area (Å²) in [5.41, 5.74) is 15.0. The number of fused-ring (bicyclic) bond motifs is 3. The van der Waals surface area contributed by atoms with Crippen LogP contribution in [0.3, 0.4) is 0 Å². The van der Waals surface area contributed by atoms with Crippen LogP contribution in [0.15, 0.2) is 200 Å². The van der Waals surface area contributed by atoms with E-state index in [-0.39, 0.29) is 0 Å². The Morgan fingerprint density at radius 1 is 0.436 bits per heavy atom. The average Bonchev–Trinajstić information content (AvgIpc) is 3.26. The molecule has 0 bridgehead atoms. The van der Waals surface area contributed by atoms with Gasteiger partial charge in [-0.1, -0.05) is 170 Å². The largest absolute Gasteiger partial charge is 0.372 e. The third kappa shape index (κ3) is 5.97. The molecule has 55 heavy (non-hydrogen) atoms. The third-order valence-electron chi connectivity index (χ3n) is 10.9. The van der Waals surface area contributed by atoms with Crippen molar-refractivity contribution in [1.82, 2.24) is 9.97 Å². The normalized spacial score (nSPS) is 15.0. The molecule has 1 aliphatic heterocycles. The quantitative estimate of drug-likeness (QED) is 0.187. The van der Waals surface area contributed by atoms with Gasteiger partial charge in [-0.2, -0.15) is 0 Å². The first-order valence-corrected chi connectivity index (χ1v) is 18.8. The lowest BCUT2D eigenvalue weighted by molar-refractivity contribution is 0.685. The fourth-order valence-corrected chi connectivity index (χ4v) is 8.05. The third-order valence-corrected chi connectivity index (χ3v) is 10.9. The number of aromatic nitrogens is 2. The Kier molecular flexibility index (Phi) is 7.92. The number of benzene rings is 7. The van der Waals surface area contributed by atoms with Gasteiger partial charge in [-0.15, -0.1) is 0 Å². The Balaban J connectivity index is 1.01. The Morgan fingerprint density at radius 2 is 1.02 bits per heavy atom. The Bertz CT molecular complexity index is 2880. The first-order chi connectivity index (χ1) is 27.1. The number of nitrogens with one attached hydrogen (secondary N) is 1. The molecule has 10 rings (SSSR count). The minimum Gasteiger partial charge on any atom is -0.372 e. The highest BCUT2D eigenvalue weighted by Crippen LogP contribution is 2.42. The van der Waals surface area contributed by atoms with Crippen LogP contribution in [0.5, 0.6) is 0 Å². The van der Waals surface area contributed by atoms with Crippen LogP contribution in [-0.4, -0.2) is 9.97 Å². The molecule has 9 aromatic rings. The number of rotatable bonds is 6. The van der Waals surface area contributed by atoms with Gasteiger partial charge in [-0.3, -0.25) is 0 Å². The molecular weight excluding hydrogens is 667 g/mol. The standard InChI is InChI=1S/C52H37N3/c1-52(34-46(36-16-6-3-7-17-36)44-21-11-13-23-48(44)55-52)41-30-28-38(29-31-41)49-32-40-18-8-9-19-42(40)51(54-49)39-26-24-37(25-27-39)50-33-45(35-14-4-2-5-15-35)43-20-10-12-22-47(43)53-50/h2-34,55H,1H3. The van der Waals surface area contributed by atoms with Gasteiger partial charge in [0.2, 0.25) is 0 Å². The maximum absolute atomic E-state index is 5.34. The molecule has 3 heteroatoms. The van der Waals surface area contributed by atoms with Crippen LogP contribution in [0.2, 0.25) is 0 Å². The molecule has 2 aromatic heterocycles. The molecule has 0 amide bonds. The fraction of sp³-hybridized carbons (Fsp3) is 0.0385. The van der Waals surface area contributed by atoms with Crippen molar-refractivity contribution in [2.45, 2.75) is 12.5 Å². The van der Waals surface area contributed by atoms with Crippen molar-refractivity contribution < 1.29 is 0 Å². The summed E-state index contributed by atoms with van der Waals surface area (Å²) in [5.74, 6) is 0. The second-order valence-electron chi connectivity index (χ2n) is 14.5. The number of nitrogens with zero attached hydrogens (tertiary/aromatic N) is 2. The molecule has 0 fully saturated rings. The lowest BCUT2D eigenvalue weighted by Gasteiger charge is -2.36. The van der Waals surface area contributed by atoms with Gasteiger partial charge in [0, 0.05) is 38.7 Å². The molecule has 260 valence electrons. The zero-order valence-corrected chi connectivity index (χ0v) is 30.4. The van der Waals surface area contributed by atoms with Gasteiger partial charge >= 0.3 is 0 Å². The van der Waals surface area contributed by atoms with Crippen LogP contribution < -0.4 is 5.32 Å².